The van der Waals surface area contributed by atoms with E-state index < -0.39 is 0 Å². The highest BCUT2D eigenvalue weighted by atomic mass is 15.0. The molecule has 0 atom stereocenters. The first-order chi connectivity index (χ1) is 42.6. The van der Waals surface area contributed by atoms with Crippen LogP contribution in [0.1, 0.15) is 186 Å². The molecule has 484 valence electrons. The summed E-state index contributed by atoms with van der Waals surface area (Å²) in [6, 6.07) is 64.3. The molecule has 0 saturated heterocycles. The van der Waals surface area contributed by atoms with Gasteiger partial charge < -0.3 is 34.5 Å². The highest BCUT2D eigenvalue weighted by molar-refractivity contribution is 5.86. The number of nitrogens with one attached hydrogen (secondary N) is 6. The van der Waals surface area contributed by atoms with Crippen molar-refractivity contribution in [2.24, 2.45) is 0 Å². The van der Waals surface area contributed by atoms with Crippen LogP contribution >= 0.6 is 0 Å². The Labute approximate surface area is 551 Å². The van der Waals surface area contributed by atoms with E-state index in [2.05, 4.69) is 374 Å². The molecule has 0 aliphatic heterocycles. The second-order valence-electron chi connectivity index (χ2n) is 31.5. The Bertz CT molecular complexity index is 4250. The fourth-order valence-corrected chi connectivity index (χ4v) is 11.3. The van der Waals surface area contributed by atoms with Gasteiger partial charge in [0.05, 0.1) is 0 Å². The second-order valence-corrected chi connectivity index (χ2v) is 31.5. The molecule has 0 bridgehead atoms. The van der Waals surface area contributed by atoms with Crippen LogP contribution in [0.15, 0.2) is 219 Å². The maximum absolute atomic E-state index is 3.44. The minimum absolute atomic E-state index is 0. The van der Waals surface area contributed by atoms with Crippen molar-refractivity contribution in [1.82, 2.24) is 34.5 Å². The molecule has 0 amide bonds. The third-order valence-corrected chi connectivity index (χ3v) is 16.7. The maximum atomic E-state index is 3.44. The number of H-pyrrole nitrogens is 6. The van der Waals surface area contributed by atoms with Crippen LogP contribution in [-0.2, 0) is 38.0 Å². The van der Waals surface area contributed by atoms with Crippen molar-refractivity contribution in [2.45, 2.75) is 191 Å². The van der Waals surface area contributed by atoms with Crippen LogP contribution < -0.4 is 0 Å². The van der Waals surface area contributed by atoms with Crippen molar-refractivity contribution < 1.29 is 0 Å². The lowest BCUT2D eigenvalue weighted by molar-refractivity contribution is 0.411. The Balaban J connectivity index is 0.000000152. The van der Waals surface area contributed by atoms with Gasteiger partial charge in [0.2, 0.25) is 0 Å². The number of benzene rings is 7. The summed E-state index contributed by atoms with van der Waals surface area (Å²) in [5.74, 6) is 0. The van der Waals surface area contributed by atoms with Crippen molar-refractivity contribution in [3.05, 3.63) is 253 Å². The van der Waals surface area contributed by atoms with Gasteiger partial charge in [0.15, 0.2) is 0 Å². The van der Waals surface area contributed by atoms with Crippen LogP contribution in [0.4, 0.5) is 0 Å². The molecule has 0 fully saturated rings. The van der Waals surface area contributed by atoms with Gasteiger partial charge in [-0.15, -0.1) is 0 Å². The van der Waals surface area contributed by atoms with E-state index in [9.17, 15) is 0 Å². The van der Waals surface area contributed by atoms with Gasteiger partial charge in [-0.3, -0.25) is 0 Å². The average molecular weight is 1230 g/mol. The van der Waals surface area contributed by atoms with Gasteiger partial charge in [-0.2, -0.15) is 0 Å². The van der Waals surface area contributed by atoms with Crippen LogP contribution in [0, 0.1) is 0 Å². The van der Waals surface area contributed by atoms with Crippen molar-refractivity contribution in [2.75, 3.05) is 0 Å². The monoisotopic (exact) mass is 1230 g/mol. The Kier molecular flexibility index (Phi) is 21.9. The van der Waals surface area contributed by atoms with Crippen LogP contribution in [0.5, 0.6) is 0 Å². The Morgan fingerprint density at radius 3 is 1.41 bits per heavy atom. The number of hydrogen-bond acceptors (Lipinski definition) is 0. The first-order valence-electron chi connectivity index (χ1n) is 32.6. The lowest BCUT2D eigenvalue weighted by Gasteiger charge is -2.22. The fourth-order valence-electron chi connectivity index (χ4n) is 11.3. The summed E-state index contributed by atoms with van der Waals surface area (Å²) in [6.07, 6.45) is 12.2. The number of aromatic nitrogens is 7. The van der Waals surface area contributed by atoms with E-state index in [0.29, 0.717) is 0 Å². The lowest BCUT2D eigenvalue weighted by atomic mass is 9.85. The molecule has 0 saturated carbocycles. The van der Waals surface area contributed by atoms with Gasteiger partial charge in [0, 0.05) is 103 Å². The predicted molar refractivity (Wildman–Crippen MR) is 406 cm³/mol. The molecule has 0 unspecified atom stereocenters. The molecule has 14 rings (SSSR count). The van der Waals surface area contributed by atoms with Gasteiger partial charge in [0.25, 0.3) is 0 Å². The number of rotatable bonds is 0. The zero-order valence-corrected chi connectivity index (χ0v) is 58.7. The van der Waals surface area contributed by atoms with Crippen LogP contribution in [0.25, 0.3) is 76.3 Å². The third-order valence-electron chi connectivity index (χ3n) is 16.7. The van der Waals surface area contributed by atoms with Crippen molar-refractivity contribution in [1.29, 1.82) is 0 Å². The molecular formula is C85H109N7. The van der Waals surface area contributed by atoms with Crippen LogP contribution in [-0.4, -0.2) is 34.5 Å². The maximum Gasteiger partial charge on any atom is 0.0491 e. The van der Waals surface area contributed by atoms with E-state index in [0.717, 1.165) is 0 Å². The number of aromatic amines is 6. The summed E-state index contributed by atoms with van der Waals surface area (Å²) < 4.78 is 2.31. The molecule has 7 heterocycles. The zero-order chi connectivity index (χ0) is 66.3. The second kappa shape index (κ2) is 28.5. The molecule has 0 spiro atoms. The predicted octanol–water partition coefficient (Wildman–Crippen LogP) is 24.8. The minimum atomic E-state index is 0. The summed E-state index contributed by atoms with van der Waals surface area (Å²) >= 11 is 0. The molecule has 7 aromatic carbocycles. The summed E-state index contributed by atoms with van der Waals surface area (Å²) in [6.45, 7) is 46.9. The van der Waals surface area contributed by atoms with E-state index in [1.807, 2.05) is 24.8 Å². The molecule has 6 N–H and O–H groups in total. The first kappa shape index (κ1) is 70.8. The minimum Gasteiger partial charge on any atom is -0.361 e. The zero-order valence-electron chi connectivity index (χ0n) is 58.7. The first-order valence-corrected chi connectivity index (χ1v) is 32.6. The normalized spacial score (nSPS) is 12.1. The van der Waals surface area contributed by atoms with E-state index >= 15 is 0 Å². The highest BCUT2D eigenvalue weighted by Crippen LogP contribution is 2.33. The van der Waals surface area contributed by atoms with Crippen molar-refractivity contribution in [3.63, 3.8) is 0 Å². The molecule has 14 aromatic rings. The average Bonchev–Trinajstić information content (AvgIpc) is 1.43. The molecule has 0 aliphatic carbocycles. The Morgan fingerprint density at radius 2 is 0.772 bits per heavy atom. The summed E-state index contributed by atoms with van der Waals surface area (Å²) in [4.78, 5) is 19.7. The van der Waals surface area contributed by atoms with Crippen molar-refractivity contribution in [3.8, 4) is 0 Å². The molecule has 7 aromatic heterocycles. The summed E-state index contributed by atoms with van der Waals surface area (Å²) in [7, 11) is 0. The Morgan fingerprint density at radius 1 is 0.293 bits per heavy atom. The topological polar surface area (TPSA) is 99.7 Å². The molecule has 0 aliphatic rings. The van der Waals surface area contributed by atoms with E-state index in [-0.39, 0.29) is 45.5 Å². The number of hydrogen-bond donors (Lipinski definition) is 6. The quantitative estimate of drug-likeness (QED) is 0.0872. The van der Waals surface area contributed by atoms with E-state index in [1.54, 1.807) is 0 Å². The van der Waals surface area contributed by atoms with E-state index in [4.69, 9.17) is 0 Å². The third kappa shape index (κ3) is 18.1. The van der Waals surface area contributed by atoms with Crippen molar-refractivity contribution >= 4 is 76.3 Å². The van der Waals surface area contributed by atoms with Gasteiger partial charge in [-0.05, 0) is 181 Å². The molecule has 7 nitrogen and oxygen atoms in total. The highest BCUT2D eigenvalue weighted by Gasteiger charge is 2.21. The number of para-hydroxylation sites is 4. The van der Waals surface area contributed by atoms with Crippen LogP contribution in [0.2, 0.25) is 0 Å². The number of fused-ring (bicyclic) bond motifs is 7. The molecular weight excluding hydrogens is 1120 g/mol. The Hall–Kier alpha value is -8.68. The molecule has 7 heteroatoms. The summed E-state index contributed by atoms with van der Waals surface area (Å²) in [5.41, 5.74) is 18.5. The van der Waals surface area contributed by atoms with E-state index in [1.165, 1.54) is 110 Å². The van der Waals surface area contributed by atoms with Gasteiger partial charge >= 0.3 is 0 Å². The summed E-state index contributed by atoms with van der Waals surface area (Å²) in [5, 5.41) is 9.18. The standard InChI is InChI=1S/7C12H15N.CH4/c1-12(2,3)10-4-5-11-9(8-10)6-7-13-11;1-12(2,3)10-5-4-9-6-7-13-11(9)8-10;1-12(2,3)10-5-4-6-11-9(10)7-8-13-11;1-12(2,3)10-6-4-5-9-7-8-13-11(9)10;1-12(2,3)13-9-8-10-6-4-5-7-11(10)13;1-12(2,3)10-8-13-11-7-5-4-6-9(10)11;1-12(2,3)11-8-9-6-4-5-7-10(9)13-11;/h4*4-8,13H,1-3H3;4-9H,1-3H3;2*4-8,13H,1-3H3;1H4. The fraction of sp³-hybridized carbons (Fsp3) is 0.341. The smallest absolute Gasteiger partial charge is 0.0491 e. The number of nitrogens with zero attached hydrogens (tertiary/aromatic N) is 1. The van der Waals surface area contributed by atoms with Gasteiger partial charge in [-0.1, -0.05) is 235 Å². The SMILES string of the molecule is C.CC(C)(C)c1c[nH]c2ccccc12.CC(C)(C)c1cc2ccccc2[nH]1.CC(C)(C)c1ccc2[nH]ccc2c1.CC(C)(C)c1ccc2cc[nH]c2c1.CC(C)(C)c1cccc2[nH]ccc12.CC(C)(C)c1cccc2cc[nH]c12.CC(C)(C)n1ccc2ccccc21. The van der Waals surface area contributed by atoms with Gasteiger partial charge in [-0.25, -0.2) is 0 Å². The lowest BCUT2D eigenvalue weighted by Crippen LogP contribution is -2.20. The van der Waals surface area contributed by atoms with Crippen LogP contribution in [0.3, 0.4) is 0 Å². The molecule has 0 radical (unpaired) electrons. The molecule has 92 heavy (non-hydrogen) atoms. The largest absolute Gasteiger partial charge is 0.361 e. The van der Waals surface area contributed by atoms with Gasteiger partial charge in [0.1, 0.15) is 0 Å².